The van der Waals surface area contributed by atoms with Crippen LogP contribution in [0.25, 0.3) is 20.7 Å². The molecule has 25 heavy (non-hydrogen) atoms. The molecule has 0 aliphatic carbocycles. The molecule has 2 heterocycles. The molecule has 120 valence electrons. The summed E-state index contributed by atoms with van der Waals surface area (Å²) >= 11 is 1.62. The summed E-state index contributed by atoms with van der Waals surface area (Å²) < 4.78 is 5.95. The quantitative estimate of drug-likeness (QED) is 0.510. The molecule has 4 rings (SSSR count). The van der Waals surface area contributed by atoms with Crippen molar-refractivity contribution in [2.24, 2.45) is 0 Å². The molecule has 0 aliphatic rings. The van der Waals surface area contributed by atoms with Gasteiger partial charge in [0.25, 0.3) is 0 Å². The van der Waals surface area contributed by atoms with E-state index in [1.165, 1.54) is 6.33 Å². The molecule has 0 aliphatic heterocycles. The highest BCUT2D eigenvalue weighted by atomic mass is 32.1. The fourth-order valence-corrected chi connectivity index (χ4v) is 3.53. The Morgan fingerprint density at radius 1 is 1.00 bits per heavy atom. The minimum absolute atomic E-state index is 0.392. The van der Waals surface area contributed by atoms with Gasteiger partial charge in [-0.25, -0.2) is 9.97 Å². The van der Waals surface area contributed by atoms with Gasteiger partial charge in [0, 0.05) is 4.88 Å². The second-order valence-corrected chi connectivity index (χ2v) is 6.49. The number of fused-ring (bicyclic) bond motifs is 1. The molecule has 0 saturated carbocycles. The number of benzene rings is 2. The van der Waals surface area contributed by atoms with E-state index >= 15 is 0 Å². The Labute approximate surface area is 149 Å². The van der Waals surface area contributed by atoms with Crippen molar-refractivity contribution < 1.29 is 4.74 Å². The zero-order chi connectivity index (χ0) is 17.1. The number of nitriles is 1. The molecular weight excluding hydrogens is 330 g/mol. The monoisotopic (exact) mass is 343 g/mol. The van der Waals surface area contributed by atoms with E-state index in [1.807, 2.05) is 42.5 Å². The molecule has 0 amide bonds. The molecule has 0 unspecified atom stereocenters. The molecule has 0 saturated heterocycles. The number of ether oxygens (including phenoxy) is 1. The van der Waals surface area contributed by atoms with Crippen LogP contribution in [0.2, 0.25) is 0 Å². The summed E-state index contributed by atoms with van der Waals surface area (Å²) in [5, 5.41) is 9.64. The van der Waals surface area contributed by atoms with Crippen molar-refractivity contribution in [3.05, 3.63) is 72.6 Å². The Kier molecular flexibility index (Phi) is 4.11. The van der Waals surface area contributed by atoms with Crippen LogP contribution < -0.4 is 4.74 Å². The summed E-state index contributed by atoms with van der Waals surface area (Å²) in [5.74, 6) is 1.23. The Bertz CT molecular complexity index is 1050. The summed E-state index contributed by atoms with van der Waals surface area (Å²) in [6, 6.07) is 21.9. The first-order valence-corrected chi connectivity index (χ1v) is 8.59. The van der Waals surface area contributed by atoms with Crippen LogP contribution in [0.1, 0.15) is 5.56 Å². The summed E-state index contributed by atoms with van der Waals surface area (Å²) in [7, 11) is 0. The van der Waals surface area contributed by atoms with E-state index in [0.29, 0.717) is 18.1 Å². The minimum atomic E-state index is 0.392. The molecule has 5 heteroatoms. The third-order valence-electron chi connectivity index (χ3n) is 3.77. The fourth-order valence-electron chi connectivity index (χ4n) is 2.54. The molecule has 0 spiro atoms. The largest absolute Gasteiger partial charge is 0.438 e. The topological polar surface area (TPSA) is 58.8 Å². The van der Waals surface area contributed by atoms with Crippen molar-refractivity contribution in [1.82, 2.24) is 9.97 Å². The predicted molar refractivity (Wildman–Crippen MR) is 98.7 cm³/mol. The van der Waals surface area contributed by atoms with Crippen LogP contribution in [0.5, 0.6) is 11.6 Å². The Balaban J connectivity index is 1.68. The van der Waals surface area contributed by atoms with Gasteiger partial charge in [-0.05, 0) is 29.3 Å². The van der Waals surface area contributed by atoms with E-state index in [1.54, 1.807) is 11.3 Å². The summed E-state index contributed by atoms with van der Waals surface area (Å²) in [5.41, 5.74) is 2.11. The molecule has 0 atom stereocenters. The highest BCUT2D eigenvalue weighted by molar-refractivity contribution is 7.21. The second-order valence-electron chi connectivity index (χ2n) is 5.46. The Morgan fingerprint density at radius 3 is 2.56 bits per heavy atom. The maximum absolute atomic E-state index is 8.74. The van der Waals surface area contributed by atoms with Crippen LogP contribution in [-0.2, 0) is 6.42 Å². The van der Waals surface area contributed by atoms with Gasteiger partial charge in [0.05, 0.1) is 17.9 Å². The van der Waals surface area contributed by atoms with Crippen molar-refractivity contribution in [3.8, 4) is 28.1 Å². The lowest BCUT2D eigenvalue weighted by Gasteiger charge is -2.05. The van der Waals surface area contributed by atoms with Gasteiger partial charge in [-0.1, -0.05) is 42.5 Å². The van der Waals surface area contributed by atoms with Crippen molar-refractivity contribution in [1.29, 1.82) is 5.26 Å². The van der Waals surface area contributed by atoms with Gasteiger partial charge in [0.1, 0.15) is 16.9 Å². The molecule has 2 aromatic heterocycles. The maximum atomic E-state index is 8.74. The van der Waals surface area contributed by atoms with E-state index in [2.05, 4.69) is 34.2 Å². The Hall–Kier alpha value is -3.23. The zero-order valence-electron chi connectivity index (χ0n) is 13.2. The summed E-state index contributed by atoms with van der Waals surface area (Å²) in [6.45, 7) is 0. The highest BCUT2D eigenvalue weighted by Gasteiger charge is 2.11. The first kappa shape index (κ1) is 15.3. The molecule has 0 fully saturated rings. The van der Waals surface area contributed by atoms with E-state index in [0.717, 1.165) is 26.2 Å². The molecule has 4 aromatic rings. The first-order valence-electron chi connectivity index (χ1n) is 7.77. The second kappa shape index (κ2) is 6.71. The third kappa shape index (κ3) is 3.21. The van der Waals surface area contributed by atoms with E-state index in [9.17, 15) is 0 Å². The molecule has 2 aromatic carbocycles. The number of rotatable bonds is 4. The SMILES string of the molecule is N#CCc1ccc(Oc2ncnc3sc(-c4ccccc4)cc23)cc1. The van der Waals surface area contributed by atoms with Crippen LogP contribution in [-0.4, -0.2) is 9.97 Å². The van der Waals surface area contributed by atoms with Crippen molar-refractivity contribution in [2.75, 3.05) is 0 Å². The van der Waals surface area contributed by atoms with E-state index < -0.39 is 0 Å². The van der Waals surface area contributed by atoms with Gasteiger partial charge < -0.3 is 4.74 Å². The summed E-state index contributed by atoms with van der Waals surface area (Å²) in [6.07, 6.45) is 1.91. The Morgan fingerprint density at radius 2 is 1.80 bits per heavy atom. The van der Waals surface area contributed by atoms with Crippen LogP contribution in [0.3, 0.4) is 0 Å². The average Bonchev–Trinajstić information content (AvgIpc) is 3.10. The van der Waals surface area contributed by atoms with E-state index in [4.69, 9.17) is 10.00 Å². The highest BCUT2D eigenvalue weighted by Crippen LogP contribution is 2.36. The average molecular weight is 343 g/mol. The van der Waals surface area contributed by atoms with Gasteiger partial charge in [-0.3, -0.25) is 0 Å². The number of aromatic nitrogens is 2. The summed E-state index contributed by atoms with van der Waals surface area (Å²) in [4.78, 5) is 10.7. The molecule has 0 bridgehead atoms. The normalized spacial score (nSPS) is 10.5. The van der Waals surface area contributed by atoms with Crippen molar-refractivity contribution in [2.45, 2.75) is 6.42 Å². The van der Waals surface area contributed by atoms with Gasteiger partial charge in [0.15, 0.2) is 0 Å². The minimum Gasteiger partial charge on any atom is -0.438 e. The molecular formula is C20H13N3OS. The van der Waals surface area contributed by atoms with Crippen LogP contribution >= 0.6 is 11.3 Å². The number of hydrogen-bond donors (Lipinski definition) is 0. The van der Waals surface area contributed by atoms with Gasteiger partial charge in [0.2, 0.25) is 5.88 Å². The molecule has 4 nitrogen and oxygen atoms in total. The van der Waals surface area contributed by atoms with Crippen LogP contribution in [0, 0.1) is 11.3 Å². The fraction of sp³-hybridized carbons (Fsp3) is 0.0500. The predicted octanol–water partition coefficient (Wildman–Crippen LogP) is 5.22. The molecule has 0 radical (unpaired) electrons. The maximum Gasteiger partial charge on any atom is 0.231 e. The first-order chi connectivity index (χ1) is 12.3. The lowest BCUT2D eigenvalue weighted by atomic mass is 10.2. The standard InChI is InChI=1S/C20H13N3OS/c21-11-10-14-6-8-16(9-7-14)24-19-17-12-18(15-4-2-1-3-5-15)25-20(17)23-13-22-19/h1-9,12-13H,10H2. The van der Waals surface area contributed by atoms with Crippen molar-refractivity contribution in [3.63, 3.8) is 0 Å². The lowest BCUT2D eigenvalue weighted by molar-refractivity contribution is 0.468. The smallest absolute Gasteiger partial charge is 0.231 e. The zero-order valence-corrected chi connectivity index (χ0v) is 14.0. The van der Waals surface area contributed by atoms with Gasteiger partial charge >= 0.3 is 0 Å². The number of hydrogen-bond acceptors (Lipinski definition) is 5. The number of nitrogens with zero attached hydrogens (tertiary/aromatic N) is 3. The van der Waals surface area contributed by atoms with Crippen LogP contribution in [0.15, 0.2) is 67.0 Å². The van der Waals surface area contributed by atoms with Crippen LogP contribution in [0.4, 0.5) is 0 Å². The molecule has 0 N–H and O–H groups in total. The van der Waals surface area contributed by atoms with Gasteiger partial charge in [-0.2, -0.15) is 5.26 Å². The van der Waals surface area contributed by atoms with Gasteiger partial charge in [-0.15, -0.1) is 11.3 Å². The van der Waals surface area contributed by atoms with E-state index in [-0.39, 0.29) is 0 Å². The number of thiophene rings is 1. The third-order valence-corrected chi connectivity index (χ3v) is 4.86. The van der Waals surface area contributed by atoms with Crippen molar-refractivity contribution >= 4 is 21.6 Å². The lowest BCUT2D eigenvalue weighted by Crippen LogP contribution is -1.90.